The van der Waals surface area contributed by atoms with Gasteiger partial charge in [-0.25, -0.2) is 4.79 Å². The zero-order valence-corrected chi connectivity index (χ0v) is 15.3. The van der Waals surface area contributed by atoms with E-state index in [2.05, 4.69) is 6.58 Å². The molecule has 142 valence electrons. The molecule has 1 rings (SSSR count). The summed E-state index contributed by atoms with van der Waals surface area (Å²) in [6.45, 7) is 7.80. The molecular weight excluding hydrogens is 324 g/mol. The fourth-order valence-corrected chi connectivity index (χ4v) is 2.67. The quantitative estimate of drug-likeness (QED) is 0.259. The van der Waals surface area contributed by atoms with E-state index in [1.54, 1.807) is 0 Å². The van der Waals surface area contributed by atoms with Gasteiger partial charge in [-0.15, -0.1) is 0 Å². The maximum Gasteiger partial charge on any atom is 0.330 e. The molecule has 6 heteroatoms. The van der Waals surface area contributed by atoms with Crippen molar-refractivity contribution in [3.63, 3.8) is 0 Å². The summed E-state index contributed by atoms with van der Waals surface area (Å²) >= 11 is 0. The Kier molecular flexibility index (Phi) is 9.88. The van der Waals surface area contributed by atoms with Crippen molar-refractivity contribution in [1.82, 2.24) is 0 Å². The van der Waals surface area contributed by atoms with E-state index < -0.39 is 5.97 Å². The standard InChI is InChI=1S/C19H30O6/c1-4-14(3)25-19(22)16-10-8-15(9-11-16)18(21)24-13-7-6-12-23-17(20)5-2/h5,14-16H,2,4,6-13H2,1,3H3. The summed E-state index contributed by atoms with van der Waals surface area (Å²) in [6, 6.07) is 0. The summed E-state index contributed by atoms with van der Waals surface area (Å²) in [6.07, 6.45) is 5.83. The number of rotatable bonds is 10. The molecule has 0 aromatic rings. The fraction of sp³-hybridized carbons (Fsp3) is 0.737. The van der Waals surface area contributed by atoms with Crippen LogP contribution in [0, 0.1) is 11.8 Å². The number of hydrogen-bond donors (Lipinski definition) is 0. The smallest absolute Gasteiger partial charge is 0.330 e. The minimum Gasteiger partial charge on any atom is -0.465 e. The van der Waals surface area contributed by atoms with Gasteiger partial charge in [-0.05, 0) is 51.9 Å². The van der Waals surface area contributed by atoms with Crippen LogP contribution in [-0.2, 0) is 28.6 Å². The zero-order chi connectivity index (χ0) is 18.7. The van der Waals surface area contributed by atoms with E-state index in [4.69, 9.17) is 14.2 Å². The number of hydrogen-bond acceptors (Lipinski definition) is 6. The molecule has 1 fully saturated rings. The zero-order valence-electron chi connectivity index (χ0n) is 15.3. The van der Waals surface area contributed by atoms with E-state index in [1.807, 2.05) is 13.8 Å². The molecule has 0 heterocycles. The number of esters is 3. The van der Waals surface area contributed by atoms with E-state index >= 15 is 0 Å². The normalized spacial score (nSPS) is 21.0. The first-order chi connectivity index (χ1) is 12.0. The highest BCUT2D eigenvalue weighted by Gasteiger charge is 2.32. The van der Waals surface area contributed by atoms with Crippen molar-refractivity contribution in [2.24, 2.45) is 11.8 Å². The molecule has 0 aliphatic heterocycles. The van der Waals surface area contributed by atoms with Gasteiger partial charge in [-0.3, -0.25) is 9.59 Å². The number of unbranched alkanes of at least 4 members (excludes halogenated alkanes) is 1. The van der Waals surface area contributed by atoms with E-state index in [0.29, 0.717) is 51.7 Å². The van der Waals surface area contributed by atoms with E-state index in [9.17, 15) is 14.4 Å². The van der Waals surface area contributed by atoms with Crippen LogP contribution in [0.4, 0.5) is 0 Å². The Balaban J connectivity index is 2.15. The second-order valence-corrected chi connectivity index (χ2v) is 6.45. The summed E-state index contributed by atoms with van der Waals surface area (Å²) in [5.41, 5.74) is 0. The van der Waals surface area contributed by atoms with Gasteiger partial charge >= 0.3 is 17.9 Å². The maximum atomic E-state index is 12.0. The molecule has 0 radical (unpaired) electrons. The van der Waals surface area contributed by atoms with Gasteiger partial charge in [0.05, 0.1) is 31.2 Å². The fourth-order valence-electron chi connectivity index (χ4n) is 2.67. The largest absolute Gasteiger partial charge is 0.465 e. The van der Waals surface area contributed by atoms with Gasteiger partial charge in [0.15, 0.2) is 0 Å². The van der Waals surface area contributed by atoms with Crippen LogP contribution < -0.4 is 0 Å². The van der Waals surface area contributed by atoms with Gasteiger partial charge in [-0.1, -0.05) is 13.5 Å². The predicted octanol–water partition coefficient (Wildman–Crippen LogP) is 3.19. The van der Waals surface area contributed by atoms with Crippen molar-refractivity contribution in [3.8, 4) is 0 Å². The molecule has 0 N–H and O–H groups in total. The molecule has 1 saturated carbocycles. The first-order valence-electron chi connectivity index (χ1n) is 9.14. The second kappa shape index (κ2) is 11.7. The molecular formula is C19H30O6. The molecule has 0 aromatic carbocycles. The van der Waals surface area contributed by atoms with E-state index in [1.165, 1.54) is 0 Å². The average molecular weight is 354 g/mol. The maximum absolute atomic E-state index is 12.0. The lowest BCUT2D eigenvalue weighted by atomic mass is 9.82. The number of ether oxygens (including phenoxy) is 3. The lowest BCUT2D eigenvalue weighted by Gasteiger charge is -2.26. The minimum absolute atomic E-state index is 0.0547. The predicted molar refractivity (Wildman–Crippen MR) is 92.6 cm³/mol. The van der Waals surface area contributed by atoms with Gasteiger partial charge in [-0.2, -0.15) is 0 Å². The molecule has 0 amide bonds. The molecule has 0 saturated heterocycles. The van der Waals surface area contributed by atoms with Gasteiger partial charge in [0.2, 0.25) is 0 Å². The number of carbonyl (C=O) groups excluding carboxylic acids is 3. The highest BCUT2D eigenvalue weighted by molar-refractivity contribution is 5.81. The molecule has 1 atom stereocenters. The van der Waals surface area contributed by atoms with Gasteiger partial charge in [0.25, 0.3) is 0 Å². The third-order valence-electron chi connectivity index (χ3n) is 4.48. The summed E-state index contributed by atoms with van der Waals surface area (Å²) in [5, 5.41) is 0. The molecule has 0 spiro atoms. The SMILES string of the molecule is C=CC(=O)OCCCCOC(=O)C1CCC(C(=O)OC(C)CC)CC1. The van der Waals surface area contributed by atoms with E-state index in [-0.39, 0.29) is 29.9 Å². The van der Waals surface area contributed by atoms with Crippen LogP contribution in [0.1, 0.15) is 58.8 Å². The van der Waals surface area contributed by atoms with Crippen molar-refractivity contribution in [2.75, 3.05) is 13.2 Å². The van der Waals surface area contributed by atoms with Crippen molar-refractivity contribution in [1.29, 1.82) is 0 Å². The monoisotopic (exact) mass is 354 g/mol. The van der Waals surface area contributed by atoms with Crippen LogP contribution >= 0.6 is 0 Å². The minimum atomic E-state index is -0.444. The van der Waals surface area contributed by atoms with Crippen molar-refractivity contribution in [2.45, 2.75) is 64.9 Å². The molecule has 0 aromatic heterocycles. The Labute approximate surface area is 149 Å². The highest BCUT2D eigenvalue weighted by atomic mass is 16.5. The first-order valence-corrected chi connectivity index (χ1v) is 9.14. The third-order valence-corrected chi connectivity index (χ3v) is 4.48. The Hall–Kier alpha value is -1.85. The van der Waals surface area contributed by atoms with Crippen LogP contribution in [-0.4, -0.2) is 37.2 Å². The van der Waals surface area contributed by atoms with Crippen LogP contribution in [0.25, 0.3) is 0 Å². The van der Waals surface area contributed by atoms with Crippen LogP contribution in [0.5, 0.6) is 0 Å². The van der Waals surface area contributed by atoms with Crippen LogP contribution in [0.2, 0.25) is 0 Å². The van der Waals surface area contributed by atoms with Crippen LogP contribution in [0.3, 0.4) is 0 Å². The number of carbonyl (C=O) groups is 3. The van der Waals surface area contributed by atoms with Gasteiger partial charge in [0.1, 0.15) is 0 Å². The Bertz CT molecular complexity index is 451. The van der Waals surface area contributed by atoms with Crippen molar-refractivity contribution in [3.05, 3.63) is 12.7 Å². The average Bonchev–Trinajstić information content (AvgIpc) is 2.63. The summed E-state index contributed by atoms with van der Waals surface area (Å²) < 4.78 is 15.5. The second-order valence-electron chi connectivity index (χ2n) is 6.45. The highest BCUT2D eigenvalue weighted by Crippen LogP contribution is 2.30. The van der Waals surface area contributed by atoms with Gasteiger partial charge < -0.3 is 14.2 Å². The van der Waals surface area contributed by atoms with Crippen LogP contribution in [0.15, 0.2) is 12.7 Å². The van der Waals surface area contributed by atoms with Crippen molar-refractivity contribution >= 4 is 17.9 Å². The molecule has 25 heavy (non-hydrogen) atoms. The van der Waals surface area contributed by atoms with E-state index in [0.717, 1.165) is 12.5 Å². The summed E-state index contributed by atoms with van der Waals surface area (Å²) in [5.74, 6) is -1.02. The Morgan fingerprint density at radius 3 is 2.04 bits per heavy atom. The summed E-state index contributed by atoms with van der Waals surface area (Å²) in [7, 11) is 0. The molecule has 1 unspecified atom stereocenters. The van der Waals surface area contributed by atoms with Crippen molar-refractivity contribution < 1.29 is 28.6 Å². The van der Waals surface area contributed by atoms with Gasteiger partial charge in [0, 0.05) is 6.08 Å². The molecule has 1 aliphatic rings. The molecule has 6 nitrogen and oxygen atoms in total. The molecule has 1 aliphatic carbocycles. The Morgan fingerprint density at radius 2 is 1.52 bits per heavy atom. The first kappa shape index (κ1) is 21.2. The molecule has 0 bridgehead atoms. The lowest BCUT2D eigenvalue weighted by Crippen LogP contribution is -2.29. The Morgan fingerprint density at radius 1 is 1.00 bits per heavy atom. The third kappa shape index (κ3) is 8.18. The summed E-state index contributed by atoms with van der Waals surface area (Å²) in [4.78, 5) is 34.9. The lowest BCUT2D eigenvalue weighted by molar-refractivity contribution is -0.158. The topological polar surface area (TPSA) is 78.9 Å².